The minimum atomic E-state index is -0.343. The highest BCUT2D eigenvalue weighted by atomic mass is 19.1. The monoisotopic (exact) mass is 359 g/mol. The summed E-state index contributed by atoms with van der Waals surface area (Å²) in [5.74, 6) is 0.510. The standard InChI is InChI=1S/C20H26FN3O2/c1-14(24-9-4-3-5-10-24)13-22-19(25)12-18-15(2)26-20(23-18)16-7-6-8-17(21)11-16/h6-8,11,14H,3-5,9-10,12-13H2,1-2H3,(H,22,25). The van der Waals surface area contributed by atoms with E-state index in [0.29, 0.717) is 35.5 Å². The number of nitrogens with one attached hydrogen (secondary N) is 1. The number of hydrogen-bond acceptors (Lipinski definition) is 4. The van der Waals surface area contributed by atoms with E-state index in [0.717, 1.165) is 13.1 Å². The summed E-state index contributed by atoms with van der Waals surface area (Å²) in [7, 11) is 0. The highest BCUT2D eigenvalue weighted by Gasteiger charge is 2.19. The first-order valence-electron chi connectivity index (χ1n) is 9.26. The van der Waals surface area contributed by atoms with Crippen LogP contribution in [0.3, 0.4) is 0 Å². The third-order valence-corrected chi connectivity index (χ3v) is 4.90. The van der Waals surface area contributed by atoms with Crippen molar-refractivity contribution in [2.45, 2.75) is 45.6 Å². The molecule has 140 valence electrons. The van der Waals surface area contributed by atoms with E-state index in [4.69, 9.17) is 4.42 Å². The van der Waals surface area contributed by atoms with Gasteiger partial charge in [0.25, 0.3) is 0 Å². The van der Waals surface area contributed by atoms with E-state index >= 15 is 0 Å². The van der Waals surface area contributed by atoms with Crippen LogP contribution in [-0.2, 0) is 11.2 Å². The molecule has 1 N–H and O–H groups in total. The van der Waals surface area contributed by atoms with Crippen LogP contribution in [0, 0.1) is 12.7 Å². The van der Waals surface area contributed by atoms with E-state index < -0.39 is 0 Å². The number of nitrogens with zero attached hydrogens (tertiary/aromatic N) is 2. The van der Waals surface area contributed by atoms with Crippen LogP contribution in [0.1, 0.15) is 37.6 Å². The molecule has 26 heavy (non-hydrogen) atoms. The van der Waals surface area contributed by atoms with E-state index in [1.807, 2.05) is 0 Å². The van der Waals surface area contributed by atoms with Gasteiger partial charge in [0.15, 0.2) is 0 Å². The topological polar surface area (TPSA) is 58.4 Å². The number of rotatable bonds is 6. The fourth-order valence-electron chi connectivity index (χ4n) is 3.30. The maximum atomic E-state index is 13.4. The van der Waals surface area contributed by atoms with Crippen LogP contribution >= 0.6 is 0 Å². The lowest BCUT2D eigenvalue weighted by atomic mass is 10.1. The lowest BCUT2D eigenvalue weighted by Crippen LogP contribution is -2.44. The highest BCUT2D eigenvalue weighted by molar-refractivity contribution is 5.78. The highest BCUT2D eigenvalue weighted by Crippen LogP contribution is 2.22. The number of hydrogen-bond donors (Lipinski definition) is 1. The predicted molar refractivity (Wildman–Crippen MR) is 98.2 cm³/mol. The summed E-state index contributed by atoms with van der Waals surface area (Å²) in [6.07, 6.45) is 3.94. The second-order valence-electron chi connectivity index (χ2n) is 6.96. The Labute approximate surface area is 153 Å². The van der Waals surface area contributed by atoms with Crippen molar-refractivity contribution < 1.29 is 13.6 Å². The lowest BCUT2D eigenvalue weighted by molar-refractivity contribution is -0.120. The number of halogens is 1. The van der Waals surface area contributed by atoms with Crippen molar-refractivity contribution in [3.63, 3.8) is 0 Å². The number of benzene rings is 1. The Bertz CT molecular complexity index is 753. The van der Waals surface area contributed by atoms with E-state index in [1.165, 1.54) is 31.4 Å². The van der Waals surface area contributed by atoms with Gasteiger partial charge in [-0.1, -0.05) is 12.5 Å². The predicted octanol–water partition coefficient (Wildman–Crippen LogP) is 3.32. The Morgan fingerprint density at radius 3 is 2.85 bits per heavy atom. The molecule has 0 radical (unpaired) electrons. The normalized spacial score (nSPS) is 16.4. The Balaban J connectivity index is 1.56. The summed E-state index contributed by atoms with van der Waals surface area (Å²) < 4.78 is 19.0. The van der Waals surface area contributed by atoms with Gasteiger partial charge in [0.2, 0.25) is 11.8 Å². The zero-order valence-corrected chi connectivity index (χ0v) is 15.4. The van der Waals surface area contributed by atoms with Gasteiger partial charge in [0.05, 0.1) is 12.1 Å². The molecule has 1 amide bonds. The molecule has 0 saturated carbocycles. The van der Waals surface area contributed by atoms with Gasteiger partial charge in [-0.3, -0.25) is 9.69 Å². The second-order valence-corrected chi connectivity index (χ2v) is 6.96. The van der Waals surface area contributed by atoms with Gasteiger partial charge < -0.3 is 9.73 Å². The van der Waals surface area contributed by atoms with Crippen LogP contribution in [-0.4, -0.2) is 41.5 Å². The van der Waals surface area contributed by atoms with Crippen molar-refractivity contribution in [2.24, 2.45) is 0 Å². The minimum absolute atomic E-state index is 0.0731. The number of amides is 1. The molecule has 2 aromatic rings. The minimum Gasteiger partial charge on any atom is -0.441 e. The average Bonchev–Trinajstić information content (AvgIpc) is 3.01. The van der Waals surface area contributed by atoms with Gasteiger partial charge in [-0.15, -0.1) is 0 Å². The molecular formula is C20H26FN3O2. The molecule has 1 aromatic heterocycles. The maximum absolute atomic E-state index is 13.4. The summed E-state index contributed by atoms with van der Waals surface area (Å²) in [6, 6.07) is 6.42. The molecule has 3 rings (SSSR count). The number of aromatic nitrogens is 1. The van der Waals surface area contributed by atoms with E-state index in [2.05, 4.69) is 22.1 Å². The number of carbonyl (C=O) groups is 1. The molecule has 5 nitrogen and oxygen atoms in total. The molecule has 1 aliphatic heterocycles. The van der Waals surface area contributed by atoms with Crippen LogP contribution in [0.15, 0.2) is 28.7 Å². The van der Waals surface area contributed by atoms with Gasteiger partial charge in [-0.25, -0.2) is 9.37 Å². The third-order valence-electron chi connectivity index (χ3n) is 4.90. The van der Waals surface area contributed by atoms with Crippen molar-refractivity contribution in [1.29, 1.82) is 0 Å². The van der Waals surface area contributed by atoms with Gasteiger partial charge in [0.1, 0.15) is 11.6 Å². The number of carbonyl (C=O) groups excluding carboxylic acids is 1. The molecule has 1 unspecified atom stereocenters. The molecule has 2 heterocycles. The largest absolute Gasteiger partial charge is 0.441 e. The van der Waals surface area contributed by atoms with Crippen molar-refractivity contribution in [1.82, 2.24) is 15.2 Å². The molecule has 0 aliphatic carbocycles. The number of aryl methyl sites for hydroxylation is 1. The third kappa shape index (κ3) is 4.69. The van der Waals surface area contributed by atoms with Gasteiger partial charge in [-0.2, -0.15) is 0 Å². The van der Waals surface area contributed by atoms with Crippen molar-refractivity contribution >= 4 is 5.91 Å². The van der Waals surface area contributed by atoms with E-state index in [9.17, 15) is 9.18 Å². The first-order valence-corrected chi connectivity index (χ1v) is 9.26. The first-order chi connectivity index (χ1) is 12.5. The first kappa shape index (κ1) is 18.6. The molecule has 6 heteroatoms. The molecule has 1 aromatic carbocycles. The lowest BCUT2D eigenvalue weighted by Gasteiger charge is -2.32. The average molecular weight is 359 g/mol. The fourth-order valence-corrected chi connectivity index (χ4v) is 3.30. The van der Waals surface area contributed by atoms with Crippen molar-refractivity contribution in [3.8, 4) is 11.5 Å². The van der Waals surface area contributed by atoms with Crippen LogP contribution in [0.25, 0.3) is 11.5 Å². The molecular weight excluding hydrogens is 333 g/mol. The molecule has 0 bridgehead atoms. The van der Waals surface area contributed by atoms with Crippen LogP contribution in [0.5, 0.6) is 0 Å². The number of oxazole rings is 1. The Hall–Kier alpha value is -2.21. The smallest absolute Gasteiger partial charge is 0.226 e. The molecule has 1 fully saturated rings. The zero-order valence-electron chi connectivity index (χ0n) is 15.4. The second kappa shape index (κ2) is 8.45. The summed E-state index contributed by atoms with van der Waals surface area (Å²) in [6.45, 7) is 6.77. The Kier molecular flexibility index (Phi) is 6.04. The van der Waals surface area contributed by atoms with E-state index in [1.54, 1.807) is 19.1 Å². The van der Waals surface area contributed by atoms with Crippen molar-refractivity contribution in [3.05, 3.63) is 41.5 Å². The van der Waals surface area contributed by atoms with Crippen molar-refractivity contribution in [2.75, 3.05) is 19.6 Å². The summed E-state index contributed by atoms with van der Waals surface area (Å²) >= 11 is 0. The quantitative estimate of drug-likeness (QED) is 0.860. The summed E-state index contributed by atoms with van der Waals surface area (Å²) in [5.41, 5.74) is 1.16. The number of likely N-dealkylation sites (tertiary alicyclic amines) is 1. The van der Waals surface area contributed by atoms with Crippen LogP contribution < -0.4 is 5.32 Å². The summed E-state index contributed by atoms with van der Waals surface area (Å²) in [5, 5.41) is 2.99. The zero-order chi connectivity index (χ0) is 18.5. The summed E-state index contributed by atoms with van der Waals surface area (Å²) in [4.78, 5) is 19.1. The van der Waals surface area contributed by atoms with Gasteiger partial charge in [-0.05, 0) is 58.0 Å². The van der Waals surface area contributed by atoms with E-state index in [-0.39, 0.29) is 18.1 Å². The number of piperidine rings is 1. The van der Waals surface area contributed by atoms with Crippen LogP contribution in [0.2, 0.25) is 0 Å². The Morgan fingerprint density at radius 2 is 2.12 bits per heavy atom. The molecule has 1 atom stereocenters. The molecule has 1 saturated heterocycles. The molecule has 1 aliphatic rings. The maximum Gasteiger partial charge on any atom is 0.226 e. The fraction of sp³-hybridized carbons (Fsp3) is 0.500. The SMILES string of the molecule is Cc1oc(-c2cccc(F)c2)nc1CC(=O)NCC(C)N1CCCCC1. The van der Waals surface area contributed by atoms with Gasteiger partial charge >= 0.3 is 0 Å². The Morgan fingerprint density at radius 1 is 1.35 bits per heavy atom. The van der Waals surface area contributed by atoms with Crippen LogP contribution in [0.4, 0.5) is 4.39 Å². The molecule has 0 spiro atoms. The van der Waals surface area contributed by atoms with Gasteiger partial charge in [0, 0.05) is 18.2 Å².